The van der Waals surface area contributed by atoms with Crippen molar-refractivity contribution in [2.45, 2.75) is 19.9 Å². The summed E-state index contributed by atoms with van der Waals surface area (Å²) in [6.45, 7) is 7.26. The summed E-state index contributed by atoms with van der Waals surface area (Å²) >= 11 is 0. The van der Waals surface area contributed by atoms with E-state index in [2.05, 4.69) is 22.3 Å². The van der Waals surface area contributed by atoms with Crippen LogP contribution < -0.4 is 10.6 Å². The van der Waals surface area contributed by atoms with E-state index in [1.165, 1.54) is 6.08 Å². The van der Waals surface area contributed by atoms with Gasteiger partial charge in [-0.15, -0.1) is 0 Å². The van der Waals surface area contributed by atoms with Crippen molar-refractivity contribution >= 4 is 17.5 Å². The minimum Gasteiger partial charge on any atom is -0.345 e. The number of carbonyl (C=O) groups excluding carboxylic acids is 2. The first kappa shape index (κ1) is 16.5. The molecule has 1 heterocycles. The molecule has 0 aliphatic carbocycles. The molecule has 1 atom stereocenters. The molecule has 6 nitrogen and oxygen atoms in total. The van der Waals surface area contributed by atoms with Crippen LogP contribution in [-0.2, 0) is 11.8 Å². The molecule has 0 aliphatic heterocycles. The van der Waals surface area contributed by atoms with Crippen molar-refractivity contribution in [3.05, 3.63) is 59.9 Å². The van der Waals surface area contributed by atoms with Crippen molar-refractivity contribution in [2.75, 3.05) is 5.32 Å². The van der Waals surface area contributed by atoms with Gasteiger partial charge in [-0.3, -0.25) is 14.3 Å². The second-order valence-electron chi connectivity index (χ2n) is 5.28. The molecule has 0 saturated heterocycles. The molecule has 2 rings (SSSR count). The third kappa shape index (κ3) is 3.85. The van der Waals surface area contributed by atoms with Gasteiger partial charge in [0.05, 0.1) is 12.2 Å². The van der Waals surface area contributed by atoms with Crippen LogP contribution in [0, 0.1) is 6.92 Å². The summed E-state index contributed by atoms with van der Waals surface area (Å²) in [6, 6.07) is 6.59. The number of nitrogens with zero attached hydrogens (tertiary/aromatic N) is 2. The number of hydrogen-bond donors (Lipinski definition) is 2. The van der Waals surface area contributed by atoms with E-state index in [4.69, 9.17) is 0 Å². The minimum absolute atomic E-state index is 0.164. The summed E-state index contributed by atoms with van der Waals surface area (Å²) in [5, 5.41) is 9.75. The predicted molar refractivity (Wildman–Crippen MR) is 89.1 cm³/mol. The Kier molecular flexibility index (Phi) is 4.95. The Labute approximate surface area is 135 Å². The molecule has 23 heavy (non-hydrogen) atoms. The lowest BCUT2D eigenvalue weighted by Gasteiger charge is -2.14. The molecular weight excluding hydrogens is 292 g/mol. The molecule has 0 bridgehead atoms. The predicted octanol–water partition coefficient (Wildman–Crippen LogP) is 2.34. The quantitative estimate of drug-likeness (QED) is 0.832. The zero-order chi connectivity index (χ0) is 17.0. The van der Waals surface area contributed by atoms with Crippen molar-refractivity contribution in [3.63, 3.8) is 0 Å². The van der Waals surface area contributed by atoms with Crippen LogP contribution in [-0.4, -0.2) is 21.6 Å². The van der Waals surface area contributed by atoms with E-state index in [9.17, 15) is 9.59 Å². The number of aryl methyl sites for hydroxylation is 1. The van der Waals surface area contributed by atoms with Crippen LogP contribution in [0.25, 0.3) is 0 Å². The van der Waals surface area contributed by atoms with Crippen molar-refractivity contribution < 1.29 is 9.59 Å². The summed E-state index contributed by atoms with van der Waals surface area (Å²) in [5.74, 6) is -0.530. The van der Waals surface area contributed by atoms with E-state index >= 15 is 0 Å². The Balaban J connectivity index is 2.11. The molecule has 1 aromatic carbocycles. The highest BCUT2D eigenvalue weighted by molar-refractivity contribution is 6.00. The SMILES string of the molecule is C=CC(=O)Nc1cccc(C(=O)NC(C)c2cnn(C)c2C)c1. The topological polar surface area (TPSA) is 76.0 Å². The van der Waals surface area contributed by atoms with Crippen molar-refractivity contribution in [3.8, 4) is 0 Å². The largest absolute Gasteiger partial charge is 0.345 e. The molecule has 2 aromatic rings. The second kappa shape index (κ2) is 6.91. The maximum absolute atomic E-state index is 12.4. The van der Waals surface area contributed by atoms with Crippen LogP contribution in [0.15, 0.2) is 43.1 Å². The zero-order valence-electron chi connectivity index (χ0n) is 13.5. The summed E-state index contributed by atoms with van der Waals surface area (Å²) < 4.78 is 1.77. The molecule has 0 spiro atoms. The Morgan fingerprint density at radius 2 is 2.13 bits per heavy atom. The summed E-state index contributed by atoms with van der Waals surface area (Å²) in [6.07, 6.45) is 2.93. The second-order valence-corrected chi connectivity index (χ2v) is 5.28. The molecule has 2 amide bonds. The van der Waals surface area contributed by atoms with Crippen LogP contribution >= 0.6 is 0 Å². The molecule has 0 saturated carbocycles. The summed E-state index contributed by atoms with van der Waals surface area (Å²) in [4.78, 5) is 23.7. The number of hydrogen-bond acceptors (Lipinski definition) is 3. The third-order valence-corrected chi connectivity index (χ3v) is 3.67. The number of carbonyl (C=O) groups is 2. The number of benzene rings is 1. The fraction of sp³-hybridized carbons (Fsp3) is 0.235. The maximum Gasteiger partial charge on any atom is 0.251 e. The highest BCUT2D eigenvalue weighted by Crippen LogP contribution is 2.17. The van der Waals surface area contributed by atoms with Gasteiger partial charge in [0, 0.05) is 29.6 Å². The molecular formula is C17H20N4O2. The van der Waals surface area contributed by atoms with Crippen LogP contribution in [0.1, 0.15) is 34.6 Å². The van der Waals surface area contributed by atoms with Crippen molar-refractivity contribution in [2.24, 2.45) is 7.05 Å². The number of anilines is 1. The first-order chi connectivity index (χ1) is 10.9. The lowest BCUT2D eigenvalue weighted by Crippen LogP contribution is -2.27. The molecule has 0 radical (unpaired) electrons. The Morgan fingerprint density at radius 3 is 2.74 bits per heavy atom. The van der Waals surface area contributed by atoms with Crippen molar-refractivity contribution in [1.29, 1.82) is 0 Å². The molecule has 2 N–H and O–H groups in total. The molecule has 1 unspecified atom stereocenters. The number of rotatable bonds is 5. The van der Waals surface area contributed by atoms with Crippen LogP contribution in [0.2, 0.25) is 0 Å². The Morgan fingerprint density at radius 1 is 1.39 bits per heavy atom. The average Bonchev–Trinajstić information content (AvgIpc) is 2.87. The van der Waals surface area contributed by atoms with Gasteiger partial charge < -0.3 is 10.6 Å². The van der Waals surface area contributed by atoms with Gasteiger partial charge in [0.15, 0.2) is 0 Å². The van der Waals surface area contributed by atoms with Crippen molar-refractivity contribution in [1.82, 2.24) is 15.1 Å². The van der Waals surface area contributed by atoms with E-state index in [0.717, 1.165) is 11.3 Å². The minimum atomic E-state index is -0.318. The zero-order valence-corrected chi connectivity index (χ0v) is 13.5. The van der Waals surface area contributed by atoms with Crippen LogP contribution in [0.5, 0.6) is 0 Å². The van der Waals surface area contributed by atoms with E-state index in [0.29, 0.717) is 11.3 Å². The Bertz CT molecular complexity index is 749. The summed E-state index contributed by atoms with van der Waals surface area (Å²) in [5.41, 5.74) is 3.00. The molecule has 6 heteroatoms. The highest BCUT2D eigenvalue weighted by Gasteiger charge is 2.15. The number of aromatic nitrogens is 2. The van der Waals surface area contributed by atoms with E-state index in [-0.39, 0.29) is 17.9 Å². The number of nitrogens with one attached hydrogen (secondary N) is 2. The summed E-state index contributed by atoms with van der Waals surface area (Å²) in [7, 11) is 1.86. The van der Waals surface area contributed by atoms with E-state index < -0.39 is 0 Å². The van der Waals surface area contributed by atoms with Gasteiger partial charge in [-0.05, 0) is 38.1 Å². The first-order valence-electron chi connectivity index (χ1n) is 7.25. The van der Waals surface area contributed by atoms with Gasteiger partial charge in [0.25, 0.3) is 5.91 Å². The van der Waals surface area contributed by atoms with Gasteiger partial charge >= 0.3 is 0 Å². The normalized spacial score (nSPS) is 11.6. The lowest BCUT2D eigenvalue weighted by molar-refractivity contribution is -0.111. The Hall–Kier alpha value is -2.89. The number of amides is 2. The monoisotopic (exact) mass is 312 g/mol. The standard InChI is InChI=1S/C17H20N4O2/c1-5-16(22)20-14-8-6-7-13(9-14)17(23)19-11(2)15-10-18-21(4)12(15)3/h5-11H,1H2,2-4H3,(H,19,23)(H,20,22). The van der Waals surface area contributed by atoms with E-state index in [1.807, 2.05) is 20.9 Å². The first-order valence-corrected chi connectivity index (χ1v) is 7.25. The van der Waals surface area contributed by atoms with Gasteiger partial charge in [0.2, 0.25) is 5.91 Å². The smallest absolute Gasteiger partial charge is 0.251 e. The third-order valence-electron chi connectivity index (χ3n) is 3.67. The van der Waals surface area contributed by atoms with Crippen LogP contribution in [0.4, 0.5) is 5.69 Å². The lowest BCUT2D eigenvalue weighted by atomic mass is 10.1. The fourth-order valence-corrected chi connectivity index (χ4v) is 2.23. The van der Waals surface area contributed by atoms with E-state index in [1.54, 1.807) is 35.1 Å². The maximum atomic E-state index is 12.4. The average molecular weight is 312 g/mol. The van der Waals surface area contributed by atoms with Gasteiger partial charge in [-0.2, -0.15) is 5.10 Å². The molecule has 0 fully saturated rings. The fourth-order valence-electron chi connectivity index (χ4n) is 2.23. The van der Waals surface area contributed by atoms with Gasteiger partial charge in [0.1, 0.15) is 0 Å². The molecule has 0 aliphatic rings. The van der Waals surface area contributed by atoms with Gasteiger partial charge in [-0.25, -0.2) is 0 Å². The van der Waals surface area contributed by atoms with Crippen LogP contribution in [0.3, 0.4) is 0 Å². The molecule has 1 aromatic heterocycles. The molecule has 120 valence electrons. The van der Waals surface area contributed by atoms with Gasteiger partial charge in [-0.1, -0.05) is 12.6 Å². The highest BCUT2D eigenvalue weighted by atomic mass is 16.2.